The van der Waals surface area contributed by atoms with Crippen LogP contribution in [-0.2, 0) is 257 Å². The molecule has 10 N–H and O–H groups in total. The van der Waals surface area contributed by atoms with E-state index in [-0.39, 0.29) is 225 Å². The number of hydrogen-bond donors (Lipinski definition) is 10. The van der Waals surface area contributed by atoms with Gasteiger partial charge < -0.3 is 150 Å². The molecule has 4 aromatic carbocycles. The van der Waals surface area contributed by atoms with Crippen molar-refractivity contribution >= 4 is 46.3 Å². The van der Waals surface area contributed by atoms with E-state index in [1.54, 1.807) is 21.3 Å². The summed E-state index contributed by atoms with van der Waals surface area (Å²) >= 11 is 3.33. The number of rotatable bonds is 22. The summed E-state index contributed by atoms with van der Waals surface area (Å²) in [6.07, 6.45) is -11.7. The standard InChI is InChI=1S/C15H25O6.C12H19BrO5.2C9H17O6.3C7H7O.C7H7.C3H7O.CHO3.2Ag.4Y/c1-6-8-18-15-14(20-11(5)17)13(19-10(4)16)9(3)12(7-2)21-15;1-5-9-6(2)10(16-7(3)14)11(12(13)18-9)17-8(4)15;2*1-2-3-14-9-8(13)7(12)6(11)5(4-10)15-9;3*1-8-7-5-3-2-4-6-7;1-7-5-3-2-4-6-7;1-2-3-4;2-1-4-3;;;;;;/h9,12-15H,1,6-8H2,2-5H3;6,9-12H,5H2,1-4H3;2*5-13H,1-4H2;3*3-6H,1H3;3-6H,1H3;4H,1-3H2;3H;;;;;;/q-1;;8*-1;;+1;;;;/t9-,12-,13+,14-,15-;6-,9-,10+,11-,12?;2*5-,6-,7+,8-,9-;;;;;;;;;;;;/m1111............/s1. The van der Waals surface area contributed by atoms with E-state index in [4.69, 9.17) is 91.7 Å². The van der Waals surface area contributed by atoms with Gasteiger partial charge in [0.05, 0.1) is 46.8 Å². The molecule has 5 radical (unpaired) electrons. The summed E-state index contributed by atoms with van der Waals surface area (Å²) in [4.78, 5) is 56.3. The number of carbonyl (C=O) groups is 4. The first-order chi connectivity index (χ1) is 51.5. The molecule has 4 saturated heterocycles. The van der Waals surface area contributed by atoms with Crippen LogP contribution < -0.4 is 14.2 Å². The van der Waals surface area contributed by atoms with Gasteiger partial charge in [0.15, 0.2) is 36.1 Å². The number of esters is 4. The van der Waals surface area contributed by atoms with Gasteiger partial charge in [-0.3, -0.25) is 19.2 Å². The molecule has 30 nitrogen and oxygen atoms in total. The van der Waals surface area contributed by atoms with Gasteiger partial charge in [0.25, 0.3) is 0 Å². The van der Waals surface area contributed by atoms with Gasteiger partial charge in [0.2, 0.25) is 0 Å². The van der Waals surface area contributed by atoms with Crippen LogP contribution in [0.25, 0.3) is 0 Å². The van der Waals surface area contributed by atoms with Crippen LogP contribution in [0.3, 0.4) is 0 Å². The monoisotopic (exact) mass is 2170 g/mol. The Labute approximate surface area is 813 Å². The van der Waals surface area contributed by atoms with Crippen molar-refractivity contribution in [2.45, 2.75) is 210 Å². The zero-order valence-electron chi connectivity index (χ0n) is 66.5. The Bertz CT molecular complexity index is 2730. The van der Waals surface area contributed by atoms with Crippen molar-refractivity contribution in [3.63, 3.8) is 0 Å². The number of hydrogen-bond acceptors (Lipinski definition) is 30. The van der Waals surface area contributed by atoms with Crippen LogP contribution in [0.1, 0.15) is 99.5 Å². The molecular weight excluding hydrogens is 2060 g/mol. The molecule has 8 rings (SSSR count). The summed E-state index contributed by atoms with van der Waals surface area (Å²) in [6, 6.07) is 41.6. The van der Waals surface area contributed by atoms with Gasteiger partial charge in [0.1, 0.15) is 61.0 Å². The maximum Gasteiger partial charge on any atom is 1.00 e. The molecule has 4 aromatic rings. The minimum Gasteiger partial charge on any atom is -0.522 e. The zero-order valence-corrected chi connectivity index (χ0v) is 82.4. The van der Waals surface area contributed by atoms with Crippen LogP contribution in [0, 0.1) is 70.7 Å². The number of alkyl halides is 1. The van der Waals surface area contributed by atoms with Crippen molar-refractivity contribution in [2.75, 3.05) is 61.0 Å². The molecule has 4 heterocycles. The molecule has 20 atom stereocenters. The average Bonchev–Trinajstić information content (AvgIpc) is 0.842. The number of methoxy groups -OCH3 is 3. The fourth-order valence-electron chi connectivity index (χ4n) is 9.50. The molecule has 651 valence electrons. The van der Waals surface area contributed by atoms with Gasteiger partial charge in [-0.2, -0.15) is 116 Å². The first kappa shape index (κ1) is 129. The third kappa shape index (κ3) is 56.2. The van der Waals surface area contributed by atoms with Crippen molar-refractivity contribution in [2.24, 2.45) is 11.8 Å². The molecule has 114 heavy (non-hydrogen) atoms. The fraction of sp³-hybridized carbons (Fsp3) is 0.571. The van der Waals surface area contributed by atoms with Crippen LogP contribution in [-0.4, -0.2) is 252 Å². The number of ether oxygens (including phenoxy) is 14. The first-order valence-corrected chi connectivity index (χ1v) is 35.4. The topological polar surface area (TPSA) is 426 Å². The van der Waals surface area contributed by atoms with Crippen molar-refractivity contribution < 1.29 is 322 Å². The zero-order chi connectivity index (χ0) is 82.1. The minimum atomic E-state index is -1.38. The Hall–Kier alpha value is -0.674. The van der Waals surface area contributed by atoms with Gasteiger partial charge in [-0.15, -0.1) is 36.4 Å². The van der Waals surface area contributed by atoms with Gasteiger partial charge >= 0.3 is 46.3 Å². The normalized spacial score (nSPS) is 25.5. The van der Waals surface area contributed by atoms with E-state index in [1.807, 2.05) is 125 Å². The second kappa shape index (κ2) is 80.7. The van der Waals surface area contributed by atoms with Crippen LogP contribution in [0.5, 0.6) is 17.2 Å². The molecule has 0 bridgehead atoms. The molecule has 0 amide bonds. The van der Waals surface area contributed by atoms with Gasteiger partial charge in [-0.05, 0) is 19.3 Å². The molecule has 4 fully saturated rings. The van der Waals surface area contributed by atoms with Crippen LogP contribution in [0.4, 0.5) is 0 Å². The molecular formula is C77H114Ag2BrO30Y4-8. The number of aryl methyl sites for hydroxylation is 1. The largest absolute Gasteiger partial charge is 1.00 e. The van der Waals surface area contributed by atoms with E-state index in [1.165, 1.54) is 33.3 Å². The summed E-state index contributed by atoms with van der Waals surface area (Å²) in [5.41, 5.74) is 1.29. The number of halogens is 1. The Morgan fingerprint density at radius 3 is 0.956 bits per heavy atom. The summed E-state index contributed by atoms with van der Waals surface area (Å²) in [6.45, 7) is 30.3. The quantitative estimate of drug-likeness (QED) is 0.00827. The molecule has 1 unspecified atom stereocenters. The van der Waals surface area contributed by atoms with Crippen LogP contribution >= 0.6 is 15.9 Å². The van der Waals surface area contributed by atoms with Gasteiger partial charge in [-0.25, -0.2) is 5.26 Å². The van der Waals surface area contributed by atoms with Crippen molar-refractivity contribution in [1.29, 1.82) is 0 Å². The molecule has 0 spiro atoms. The first-order valence-electron chi connectivity index (χ1n) is 34.5. The third-order valence-electron chi connectivity index (χ3n) is 14.8. The Morgan fingerprint density at radius 1 is 0.456 bits per heavy atom. The smallest absolute Gasteiger partial charge is 0.522 e. The predicted octanol–water partition coefficient (Wildman–Crippen LogP) is 5.94. The number of carbonyl (C=O) groups excluding carboxylic acids is 5. The molecule has 4 aliphatic heterocycles. The summed E-state index contributed by atoms with van der Waals surface area (Å²) < 4.78 is 73.3. The van der Waals surface area contributed by atoms with E-state index in [9.17, 15) is 49.8 Å². The van der Waals surface area contributed by atoms with E-state index < -0.39 is 128 Å². The Balaban J connectivity index is -0.000000188. The fourth-order valence-corrected chi connectivity index (χ4v) is 10.2. The Kier molecular flexibility index (Phi) is 91.3. The Morgan fingerprint density at radius 2 is 0.719 bits per heavy atom. The summed E-state index contributed by atoms with van der Waals surface area (Å²) in [7, 11) is 4.94. The summed E-state index contributed by atoms with van der Waals surface area (Å²) in [5.74, 6) is 0.812. The molecule has 0 aromatic heterocycles. The maximum atomic E-state index is 11.4. The third-order valence-corrected chi connectivity index (χ3v) is 15.6. The van der Waals surface area contributed by atoms with E-state index in [0.717, 1.165) is 36.6 Å². The molecule has 0 saturated carbocycles. The van der Waals surface area contributed by atoms with E-state index in [0.29, 0.717) is 32.3 Å². The molecule has 37 heteroatoms. The van der Waals surface area contributed by atoms with Gasteiger partial charge in [-0.1, -0.05) is 50.5 Å². The van der Waals surface area contributed by atoms with Crippen molar-refractivity contribution in [1.82, 2.24) is 0 Å². The van der Waals surface area contributed by atoms with Crippen LogP contribution in [0.15, 0.2) is 97.1 Å². The van der Waals surface area contributed by atoms with Crippen LogP contribution in [0.2, 0.25) is 0 Å². The second-order valence-corrected chi connectivity index (χ2v) is 24.0. The minimum absolute atomic E-state index is 0. The predicted molar refractivity (Wildman–Crippen MR) is 395 cm³/mol. The number of aliphatic hydroxyl groups excluding tert-OH is 9. The maximum absolute atomic E-state index is 11.4. The second-order valence-electron chi connectivity index (χ2n) is 23.1. The van der Waals surface area contributed by atoms with Crippen molar-refractivity contribution in [3.8, 4) is 17.2 Å². The summed E-state index contributed by atoms with van der Waals surface area (Å²) in [5, 5.41) is 88.6. The van der Waals surface area contributed by atoms with E-state index >= 15 is 0 Å². The average molecular weight is 2170 g/mol. The number of benzene rings is 4. The van der Waals surface area contributed by atoms with Gasteiger partial charge in [0, 0.05) is 236 Å². The van der Waals surface area contributed by atoms with E-state index in [2.05, 4.69) is 79.7 Å². The number of aliphatic hydroxyl groups is 9. The SMILES string of the molecule is CC[C@H]1OC(Br)[C@H](OC(C)=O)[C@@H](OC(C)=O)[C@@H]1C.COc1cc[c-]cc1.COc1cc[c-]cc1.COc1cc[c-]cc1.Cc1cc[c-]cc1.O=[C-]OO.[Ag+].[Ag].[CH2-]CCO.[CH2-]CCO[C@@H]1O[C@H](CC)[C@@H](C)[C@H](OC(C)=O)[C@H]1OC(C)=O.[CH2-]CCO[C@@H]1O[C@H](CO)[C@@H](O)[C@H](O)[C@H]1O.[CH2-]CCO[C@@H]1O[C@H](CO)[C@@H](O)[C@H](O)[C@H]1O.[Y].[Y].[Y].[Y]. The van der Waals surface area contributed by atoms with Crippen molar-refractivity contribution in [3.05, 3.63) is 155 Å². The molecule has 4 aliphatic rings. The molecule has 0 aliphatic carbocycles.